The van der Waals surface area contributed by atoms with E-state index >= 15 is 0 Å². The Morgan fingerprint density at radius 3 is 2.39 bits per heavy atom. The normalized spacial score (nSPS) is 10.4. The lowest BCUT2D eigenvalue weighted by Gasteiger charge is -2.06. The van der Waals surface area contributed by atoms with Crippen molar-refractivity contribution in [1.82, 2.24) is 0 Å². The van der Waals surface area contributed by atoms with Crippen molar-refractivity contribution in [3.63, 3.8) is 0 Å². The third-order valence-electron chi connectivity index (χ3n) is 2.46. The first-order valence-corrected chi connectivity index (χ1v) is 4.98. The quantitative estimate of drug-likeness (QED) is 0.888. The molecule has 0 aliphatic heterocycles. The molecule has 0 aromatic heterocycles. The SMILES string of the molecule is O=C(O)c1cc(-c2cccc(F)c2F)ccc1F. The maximum absolute atomic E-state index is 13.5. The van der Waals surface area contributed by atoms with Gasteiger partial charge in [-0.25, -0.2) is 18.0 Å². The largest absolute Gasteiger partial charge is 0.478 e. The molecule has 0 heterocycles. The van der Waals surface area contributed by atoms with E-state index in [1.54, 1.807) is 0 Å². The number of rotatable bonds is 2. The fourth-order valence-electron chi connectivity index (χ4n) is 1.58. The van der Waals surface area contributed by atoms with Gasteiger partial charge in [-0.1, -0.05) is 18.2 Å². The van der Waals surface area contributed by atoms with E-state index < -0.39 is 29.0 Å². The molecule has 2 aromatic carbocycles. The molecule has 2 nitrogen and oxygen atoms in total. The van der Waals surface area contributed by atoms with Crippen LogP contribution in [0.5, 0.6) is 0 Å². The Labute approximate surface area is 100 Å². The molecule has 18 heavy (non-hydrogen) atoms. The van der Waals surface area contributed by atoms with Crippen molar-refractivity contribution in [3.8, 4) is 11.1 Å². The number of aromatic carboxylic acids is 1. The van der Waals surface area contributed by atoms with Crippen LogP contribution in [-0.2, 0) is 0 Å². The number of hydrogen-bond acceptors (Lipinski definition) is 1. The van der Waals surface area contributed by atoms with Gasteiger partial charge in [-0.3, -0.25) is 0 Å². The second-order valence-corrected chi connectivity index (χ2v) is 3.60. The molecule has 0 spiro atoms. The summed E-state index contributed by atoms with van der Waals surface area (Å²) in [5, 5.41) is 8.75. The first-order chi connectivity index (χ1) is 8.50. The maximum atomic E-state index is 13.5. The summed E-state index contributed by atoms with van der Waals surface area (Å²) < 4.78 is 39.7. The van der Waals surface area contributed by atoms with E-state index in [0.29, 0.717) is 0 Å². The number of halogens is 3. The van der Waals surface area contributed by atoms with Gasteiger partial charge in [-0.15, -0.1) is 0 Å². The van der Waals surface area contributed by atoms with Gasteiger partial charge in [0.15, 0.2) is 11.6 Å². The molecule has 2 aromatic rings. The molecule has 0 saturated heterocycles. The topological polar surface area (TPSA) is 37.3 Å². The van der Waals surface area contributed by atoms with Gasteiger partial charge in [0.1, 0.15) is 5.82 Å². The first kappa shape index (κ1) is 12.2. The zero-order valence-corrected chi connectivity index (χ0v) is 8.95. The summed E-state index contributed by atoms with van der Waals surface area (Å²) in [6.45, 7) is 0. The minimum atomic E-state index is -1.47. The third kappa shape index (κ3) is 2.07. The van der Waals surface area contributed by atoms with Crippen LogP contribution >= 0.6 is 0 Å². The molecular formula is C13H7F3O2. The first-order valence-electron chi connectivity index (χ1n) is 4.98. The van der Waals surface area contributed by atoms with Gasteiger partial charge in [0.2, 0.25) is 0 Å². The minimum Gasteiger partial charge on any atom is -0.478 e. The number of hydrogen-bond donors (Lipinski definition) is 1. The maximum Gasteiger partial charge on any atom is 0.338 e. The van der Waals surface area contributed by atoms with Crippen LogP contribution in [-0.4, -0.2) is 11.1 Å². The van der Waals surface area contributed by atoms with Crippen LogP contribution in [0.2, 0.25) is 0 Å². The Morgan fingerprint density at radius 1 is 1.00 bits per heavy atom. The van der Waals surface area contributed by atoms with E-state index in [1.807, 2.05) is 0 Å². The molecular weight excluding hydrogens is 245 g/mol. The van der Waals surface area contributed by atoms with Crippen LogP contribution < -0.4 is 0 Å². The average molecular weight is 252 g/mol. The Kier molecular flexibility index (Phi) is 3.06. The molecule has 1 N–H and O–H groups in total. The molecule has 0 aliphatic carbocycles. The van der Waals surface area contributed by atoms with Crippen molar-refractivity contribution >= 4 is 5.97 Å². The lowest BCUT2D eigenvalue weighted by Crippen LogP contribution is -2.01. The van der Waals surface area contributed by atoms with E-state index in [0.717, 1.165) is 18.2 Å². The van der Waals surface area contributed by atoms with E-state index in [9.17, 15) is 18.0 Å². The van der Waals surface area contributed by atoms with Crippen molar-refractivity contribution < 1.29 is 23.1 Å². The van der Waals surface area contributed by atoms with Crippen LogP contribution in [0.25, 0.3) is 11.1 Å². The zero-order chi connectivity index (χ0) is 13.3. The van der Waals surface area contributed by atoms with Crippen molar-refractivity contribution in [2.75, 3.05) is 0 Å². The van der Waals surface area contributed by atoms with Gasteiger partial charge in [0.25, 0.3) is 0 Å². The molecule has 2 rings (SSSR count). The van der Waals surface area contributed by atoms with E-state index in [1.165, 1.54) is 18.2 Å². The molecule has 0 saturated carbocycles. The predicted octanol–water partition coefficient (Wildman–Crippen LogP) is 3.47. The summed E-state index contributed by atoms with van der Waals surface area (Å²) in [7, 11) is 0. The molecule has 92 valence electrons. The average Bonchev–Trinajstić information content (AvgIpc) is 2.33. The summed E-state index contributed by atoms with van der Waals surface area (Å²) in [6.07, 6.45) is 0. The standard InChI is InChI=1S/C13H7F3O2/c14-10-5-4-7(6-9(10)13(17)18)8-2-1-3-11(15)12(8)16/h1-6H,(H,17,18). The molecule has 0 radical (unpaired) electrons. The highest BCUT2D eigenvalue weighted by atomic mass is 19.2. The number of carboxylic acids is 1. The van der Waals surface area contributed by atoms with Gasteiger partial charge in [0, 0.05) is 5.56 Å². The van der Waals surface area contributed by atoms with Crippen molar-refractivity contribution in [1.29, 1.82) is 0 Å². The van der Waals surface area contributed by atoms with Crippen LogP contribution in [0, 0.1) is 17.5 Å². The second kappa shape index (κ2) is 4.52. The summed E-state index contributed by atoms with van der Waals surface area (Å²) in [5.41, 5.74) is -0.598. The lowest BCUT2D eigenvalue weighted by molar-refractivity contribution is 0.0692. The highest BCUT2D eigenvalue weighted by Crippen LogP contribution is 2.26. The monoisotopic (exact) mass is 252 g/mol. The van der Waals surface area contributed by atoms with Crippen molar-refractivity contribution in [3.05, 3.63) is 59.4 Å². The Bertz CT molecular complexity index is 624. The molecule has 0 aliphatic rings. The molecule has 0 amide bonds. The second-order valence-electron chi connectivity index (χ2n) is 3.60. The fourth-order valence-corrected chi connectivity index (χ4v) is 1.58. The van der Waals surface area contributed by atoms with Crippen molar-refractivity contribution in [2.45, 2.75) is 0 Å². The predicted molar refractivity (Wildman–Crippen MR) is 58.7 cm³/mol. The zero-order valence-electron chi connectivity index (χ0n) is 8.95. The highest BCUT2D eigenvalue weighted by molar-refractivity contribution is 5.89. The van der Waals surface area contributed by atoms with Crippen LogP contribution in [0.1, 0.15) is 10.4 Å². The molecule has 0 unspecified atom stereocenters. The highest BCUT2D eigenvalue weighted by Gasteiger charge is 2.14. The number of benzene rings is 2. The molecule has 0 atom stereocenters. The molecule has 0 fully saturated rings. The molecule has 0 bridgehead atoms. The Balaban J connectivity index is 2.62. The summed E-state index contributed by atoms with van der Waals surface area (Å²) >= 11 is 0. The van der Waals surface area contributed by atoms with E-state index in [2.05, 4.69) is 0 Å². The van der Waals surface area contributed by atoms with Gasteiger partial charge in [-0.05, 0) is 23.8 Å². The van der Waals surface area contributed by atoms with Gasteiger partial charge in [0.05, 0.1) is 5.56 Å². The van der Waals surface area contributed by atoms with Gasteiger partial charge < -0.3 is 5.11 Å². The third-order valence-corrected chi connectivity index (χ3v) is 2.46. The lowest BCUT2D eigenvalue weighted by atomic mass is 10.0. The van der Waals surface area contributed by atoms with Crippen LogP contribution in [0.4, 0.5) is 13.2 Å². The van der Waals surface area contributed by atoms with Crippen molar-refractivity contribution in [2.24, 2.45) is 0 Å². The van der Waals surface area contributed by atoms with Crippen LogP contribution in [0.15, 0.2) is 36.4 Å². The summed E-state index contributed by atoms with van der Waals surface area (Å²) in [6, 6.07) is 6.59. The van der Waals surface area contributed by atoms with Crippen LogP contribution in [0.3, 0.4) is 0 Å². The van der Waals surface area contributed by atoms with Gasteiger partial charge in [-0.2, -0.15) is 0 Å². The van der Waals surface area contributed by atoms with E-state index in [4.69, 9.17) is 5.11 Å². The fraction of sp³-hybridized carbons (Fsp3) is 0. The number of carboxylic acid groups (broad SMARTS) is 1. The summed E-state index contributed by atoms with van der Waals surface area (Å²) in [5.74, 6) is -4.54. The van der Waals surface area contributed by atoms with Gasteiger partial charge >= 0.3 is 5.97 Å². The van der Waals surface area contributed by atoms with E-state index in [-0.39, 0.29) is 11.1 Å². The molecule has 5 heteroatoms. The Hall–Kier alpha value is -2.30. The Morgan fingerprint density at radius 2 is 1.72 bits per heavy atom. The summed E-state index contributed by atoms with van der Waals surface area (Å²) in [4.78, 5) is 10.7. The smallest absolute Gasteiger partial charge is 0.338 e. The minimum absolute atomic E-state index is 0.103. The number of carbonyl (C=O) groups is 1.